The fraction of sp³-hybridized carbons (Fsp3) is 0.429. The van der Waals surface area contributed by atoms with Crippen LogP contribution in [0.15, 0.2) is 29.4 Å². The zero-order valence-electron chi connectivity index (χ0n) is 11.2. The summed E-state index contributed by atoms with van der Waals surface area (Å²) in [6.07, 6.45) is 0. The third-order valence-corrected chi connectivity index (χ3v) is 2.56. The molecule has 0 bridgehead atoms. The molecular weight excluding hydrogens is 230 g/mol. The number of oxime groups is 1. The van der Waals surface area contributed by atoms with E-state index >= 15 is 0 Å². The van der Waals surface area contributed by atoms with Gasteiger partial charge in [-0.15, -0.1) is 0 Å². The van der Waals surface area contributed by atoms with Gasteiger partial charge in [-0.25, -0.2) is 4.79 Å². The number of benzene rings is 1. The first-order valence-electron chi connectivity index (χ1n) is 5.80. The van der Waals surface area contributed by atoms with E-state index in [0.29, 0.717) is 5.71 Å². The van der Waals surface area contributed by atoms with Crippen molar-refractivity contribution in [1.82, 2.24) is 0 Å². The molecule has 0 spiro atoms. The minimum absolute atomic E-state index is 0.114. The van der Waals surface area contributed by atoms with Crippen LogP contribution in [0.1, 0.15) is 38.8 Å². The zero-order valence-corrected chi connectivity index (χ0v) is 11.2. The fourth-order valence-corrected chi connectivity index (χ4v) is 1.45. The highest BCUT2D eigenvalue weighted by molar-refractivity contribution is 5.98. The lowest BCUT2D eigenvalue weighted by molar-refractivity contribution is -0.142. The van der Waals surface area contributed by atoms with Crippen molar-refractivity contribution in [3.8, 4) is 0 Å². The Bertz CT molecular complexity index is 441. The van der Waals surface area contributed by atoms with Crippen molar-refractivity contribution in [1.29, 1.82) is 0 Å². The molecule has 1 aromatic rings. The summed E-state index contributed by atoms with van der Waals surface area (Å²) >= 11 is 0. The predicted octanol–water partition coefficient (Wildman–Crippen LogP) is 2.81. The van der Waals surface area contributed by atoms with E-state index in [1.54, 1.807) is 6.92 Å². The van der Waals surface area contributed by atoms with Crippen LogP contribution in [0.5, 0.6) is 0 Å². The smallest absolute Gasteiger partial charge is 0.344 e. The molecule has 0 unspecified atom stereocenters. The largest absolute Gasteiger partial charge is 0.479 e. The van der Waals surface area contributed by atoms with E-state index in [1.807, 2.05) is 24.3 Å². The number of hydrogen-bond donors (Lipinski definition) is 1. The maximum atomic E-state index is 10.3. The Balaban J connectivity index is 2.76. The molecule has 0 radical (unpaired) electrons. The van der Waals surface area contributed by atoms with Gasteiger partial charge in [0.05, 0.1) is 5.71 Å². The molecule has 0 fully saturated rings. The molecule has 0 amide bonds. The minimum atomic E-state index is -1.03. The van der Waals surface area contributed by atoms with Crippen LogP contribution in [-0.2, 0) is 15.0 Å². The second-order valence-corrected chi connectivity index (χ2v) is 5.17. The van der Waals surface area contributed by atoms with Gasteiger partial charge in [0.15, 0.2) is 0 Å². The molecule has 98 valence electrons. The van der Waals surface area contributed by atoms with Gasteiger partial charge in [0.2, 0.25) is 6.61 Å². The maximum Gasteiger partial charge on any atom is 0.344 e. The first-order valence-corrected chi connectivity index (χ1v) is 5.80. The van der Waals surface area contributed by atoms with E-state index in [4.69, 9.17) is 9.94 Å². The van der Waals surface area contributed by atoms with Crippen LogP contribution in [0.4, 0.5) is 0 Å². The highest BCUT2D eigenvalue weighted by Crippen LogP contribution is 2.22. The highest BCUT2D eigenvalue weighted by atomic mass is 16.6. The predicted molar refractivity (Wildman–Crippen MR) is 70.9 cm³/mol. The van der Waals surface area contributed by atoms with E-state index < -0.39 is 12.6 Å². The number of aliphatic carboxylic acids is 1. The van der Waals surface area contributed by atoms with E-state index in [1.165, 1.54) is 5.56 Å². The van der Waals surface area contributed by atoms with Crippen molar-refractivity contribution in [2.75, 3.05) is 6.61 Å². The van der Waals surface area contributed by atoms with Gasteiger partial charge < -0.3 is 9.94 Å². The summed E-state index contributed by atoms with van der Waals surface area (Å²) in [5.74, 6) is -1.03. The maximum absolute atomic E-state index is 10.3. The lowest BCUT2D eigenvalue weighted by atomic mass is 9.86. The summed E-state index contributed by atoms with van der Waals surface area (Å²) in [5, 5.41) is 12.2. The number of carboxylic acids is 1. The normalized spacial score (nSPS) is 12.3. The third kappa shape index (κ3) is 4.20. The lowest BCUT2D eigenvalue weighted by Crippen LogP contribution is -2.11. The SMILES string of the molecule is C/C(=N/OCC(=O)O)c1ccc(C(C)(C)C)cc1. The average Bonchev–Trinajstić information content (AvgIpc) is 2.27. The van der Waals surface area contributed by atoms with Gasteiger partial charge in [-0.1, -0.05) is 50.2 Å². The zero-order chi connectivity index (χ0) is 13.8. The van der Waals surface area contributed by atoms with Gasteiger partial charge in [0, 0.05) is 0 Å². The van der Waals surface area contributed by atoms with Gasteiger partial charge in [-0.2, -0.15) is 0 Å². The minimum Gasteiger partial charge on any atom is -0.479 e. The molecule has 0 saturated heterocycles. The van der Waals surface area contributed by atoms with Crippen LogP contribution >= 0.6 is 0 Å². The molecule has 0 heterocycles. The molecule has 0 aliphatic rings. The number of carboxylic acid groups (broad SMARTS) is 1. The Kier molecular flexibility index (Phi) is 4.48. The summed E-state index contributed by atoms with van der Waals surface area (Å²) in [4.78, 5) is 15.0. The van der Waals surface area contributed by atoms with E-state index in [0.717, 1.165) is 5.56 Å². The van der Waals surface area contributed by atoms with Crippen molar-refractivity contribution >= 4 is 11.7 Å². The monoisotopic (exact) mass is 249 g/mol. The molecule has 0 aliphatic carbocycles. The second kappa shape index (κ2) is 5.67. The van der Waals surface area contributed by atoms with Crippen molar-refractivity contribution in [2.45, 2.75) is 33.1 Å². The standard InChI is InChI=1S/C14H19NO3/c1-10(15-18-9-13(16)17)11-5-7-12(8-6-11)14(2,3)4/h5-8H,9H2,1-4H3,(H,16,17)/b15-10-. The molecule has 1 aromatic carbocycles. The molecule has 0 saturated carbocycles. The van der Waals surface area contributed by atoms with Crippen LogP contribution < -0.4 is 0 Å². The summed E-state index contributed by atoms with van der Waals surface area (Å²) in [5.41, 5.74) is 2.94. The Morgan fingerprint density at radius 2 is 1.83 bits per heavy atom. The van der Waals surface area contributed by atoms with Crippen LogP contribution in [0.25, 0.3) is 0 Å². The van der Waals surface area contributed by atoms with Crippen molar-refractivity contribution in [2.24, 2.45) is 5.16 Å². The molecule has 18 heavy (non-hydrogen) atoms. The van der Waals surface area contributed by atoms with Gasteiger partial charge in [0.1, 0.15) is 0 Å². The van der Waals surface area contributed by atoms with Crippen molar-refractivity contribution in [3.63, 3.8) is 0 Å². The molecule has 1 N–H and O–H groups in total. The summed E-state index contributed by atoms with van der Waals surface area (Å²) in [6.45, 7) is 7.82. The number of carbonyl (C=O) groups is 1. The van der Waals surface area contributed by atoms with Crippen molar-refractivity contribution < 1.29 is 14.7 Å². The summed E-state index contributed by atoms with van der Waals surface area (Å²) in [7, 11) is 0. The van der Waals surface area contributed by atoms with Crippen LogP contribution in [0.2, 0.25) is 0 Å². The Morgan fingerprint density at radius 3 is 2.28 bits per heavy atom. The van der Waals surface area contributed by atoms with Gasteiger partial charge in [0.25, 0.3) is 0 Å². The first-order chi connectivity index (χ1) is 8.30. The average molecular weight is 249 g/mol. The van der Waals surface area contributed by atoms with Gasteiger partial charge in [-0.3, -0.25) is 0 Å². The number of hydrogen-bond acceptors (Lipinski definition) is 3. The quantitative estimate of drug-likeness (QED) is 0.659. The Hall–Kier alpha value is -1.84. The number of nitrogens with zero attached hydrogens (tertiary/aromatic N) is 1. The molecule has 4 heteroatoms. The number of rotatable bonds is 4. The van der Waals surface area contributed by atoms with Gasteiger partial charge >= 0.3 is 5.97 Å². The molecule has 0 atom stereocenters. The van der Waals surface area contributed by atoms with Crippen LogP contribution in [0, 0.1) is 0 Å². The topological polar surface area (TPSA) is 58.9 Å². The summed E-state index contributed by atoms with van der Waals surface area (Å²) in [6, 6.07) is 8.02. The van der Waals surface area contributed by atoms with Crippen LogP contribution in [0.3, 0.4) is 0 Å². The second-order valence-electron chi connectivity index (χ2n) is 5.17. The third-order valence-electron chi connectivity index (χ3n) is 2.56. The molecule has 0 aliphatic heterocycles. The fourth-order valence-electron chi connectivity index (χ4n) is 1.45. The molecule has 4 nitrogen and oxygen atoms in total. The molecule has 0 aromatic heterocycles. The molecule has 1 rings (SSSR count). The van der Waals surface area contributed by atoms with E-state index in [9.17, 15) is 4.79 Å². The Labute approximate surface area is 107 Å². The lowest BCUT2D eigenvalue weighted by Gasteiger charge is -2.19. The van der Waals surface area contributed by atoms with Gasteiger partial charge in [-0.05, 0) is 23.5 Å². The van der Waals surface area contributed by atoms with Crippen LogP contribution in [-0.4, -0.2) is 23.4 Å². The first kappa shape index (κ1) is 14.2. The van der Waals surface area contributed by atoms with E-state index in [-0.39, 0.29) is 5.41 Å². The van der Waals surface area contributed by atoms with E-state index in [2.05, 4.69) is 25.9 Å². The Morgan fingerprint density at radius 1 is 1.28 bits per heavy atom. The molecular formula is C14H19NO3. The summed E-state index contributed by atoms with van der Waals surface area (Å²) < 4.78 is 0. The van der Waals surface area contributed by atoms with Crippen molar-refractivity contribution in [3.05, 3.63) is 35.4 Å². The highest BCUT2D eigenvalue weighted by Gasteiger charge is 2.13.